The van der Waals surface area contributed by atoms with Crippen molar-refractivity contribution in [3.05, 3.63) is 23.8 Å². The first-order valence-electron chi connectivity index (χ1n) is 5.61. The molecule has 0 bridgehead atoms. The van der Waals surface area contributed by atoms with Crippen molar-refractivity contribution in [2.75, 3.05) is 13.2 Å². The van der Waals surface area contributed by atoms with Crippen molar-refractivity contribution in [1.29, 1.82) is 0 Å². The molecule has 0 aromatic heterocycles. The van der Waals surface area contributed by atoms with Gasteiger partial charge in [0.25, 0.3) is 0 Å². The van der Waals surface area contributed by atoms with Crippen molar-refractivity contribution >= 4 is 6.09 Å². The fourth-order valence-electron chi connectivity index (χ4n) is 2.11. The van der Waals surface area contributed by atoms with Gasteiger partial charge in [-0.1, -0.05) is 6.07 Å². The highest BCUT2D eigenvalue weighted by Crippen LogP contribution is 2.35. The summed E-state index contributed by atoms with van der Waals surface area (Å²) in [4.78, 5) is 11.1. The Kier molecular flexibility index (Phi) is 2.31. The van der Waals surface area contributed by atoms with E-state index in [9.17, 15) is 4.79 Å². The first kappa shape index (κ1) is 10.3. The topological polar surface area (TPSA) is 56.8 Å². The number of rotatable bonds is 1. The van der Waals surface area contributed by atoms with Gasteiger partial charge in [-0.3, -0.25) is 0 Å². The van der Waals surface area contributed by atoms with Crippen molar-refractivity contribution in [1.82, 2.24) is 5.32 Å². The first-order chi connectivity index (χ1) is 8.24. The minimum atomic E-state index is -0.377. The zero-order valence-electron chi connectivity index (χ0n) is 9.43. The molecule has 0 saturated carbocycles. The number of alkyl carbamates (subject to hydrolysis) is 1. The Balaban J connectivity index is 1.91. The minimum Gasteiger partial charge on any atom is -0.486 e. The van der Waals surface area contributed by atoms with Crippen LogP contribution in [0, 0.1) is 0 Å². The lowest BCUT2D eigenvalue weighted by Gasteiger charge is -2.20. The average Bonchev–Trinajstić information content (AvgIpc) is 2.68. The summed E-state index contributed by atoms with van der Waals surface area (Å²) < 4.78 is 16.1. The summed E-state index contributed by atoms with van der Waals surface area (Å²) in [5, 5.41) is 2.71. The molecule has 1 fully saturated rings. The van der Waals surface area contributed by atoms with E-state index in [1.165, 1.54) is 0 Å². The maximum Gasteiger partial charge on any atom is 0.408 e. The van der Waals surface area contributed by atoms with Crippen LogP contribution in [0.15, 0.2) is 18.2 Å². The molecule has 0 radical (unpaired) electrons. The Hall–Kier alpha value is -1.91. The maximum atomic E-state index is 11.1. The fraction of sp³-hybridized carbons (Fsp3) is 0.417. The second kappa shape index (κ2) is 3.84. The van der Waals surface area contributed by atoms with Gasteiger partial charge < -0.3 is 19.5 Å². The van der Waals surface area contributed by atoms with Gasteiger partial charge in [-0.05, 0) is 24.6 Å². The quantitative estimate of drug-likeness (QED) is 0.803. The van der Waals surface area contributed by atoms with Crippen molar-refractivity contribution in [2.24, 2.45) is 0 Å². The lowest BCUT2D eigenvalue weighted by Crippen LogP contribution is -2.24. The van der Waals surface area contributed by atoms with Crippen LogP contribution < -0.4 is 14.8 Å². The molecule has 2 atom stereocenters. The molecular formula is C12H13NO4. The van der Waals surface area contributed by atoms with Crippen LogP contribution in [0.3, 0.4) is 0 Å². The highest BCUT2D eigenvalue weighted by Gasteiger charge is 2.32. The summed E-state index contributed by atoms with van der Waals surface area (Å²) in [5.74, 6) is 1.45. The Morgan fingerprint density at radius 1 is 1.24 bits per heavy atom. The molecule has 1 unspecified atom stereocenters. The van der Waals surface area contributed by atoms with E-state index >= 15 is 0 Å². The molecule has 1 aromatic carbocycles. The molecule has 1 N–H and O–H groups in total. The lowest BCUT2D eigenvalue weighted by atomic mass is 10.0. The van der Waals surface area contributed by atoms with E-state index in [2.05, 4.69) is 5.32 Å². The molecule has 2 heterocycles. The Morgan fingerprint density at radius 2 is 2.00 bits per heavy atom. The Bertz CT molecular complexity index is 460. The first-order valence-corrected chi connectivity index (χ1v) is 5.61. The number of nitrogens with one attached hydrogen (secondary N) is 1. The molecule has 1 aromatic rings. The van der Waals surface area contributed by atoms with Crippen LogP contribution >= 0.6 is 0 Å². The third-order valence-electron chi connectivity index (χ3n) is 2.93. The van der Waals surface area contributed by atoms with Gasteiger partial charge >= 0.3 is 6.09 Å². The van der Waals surface area contributed by atoms with E-state index in [1.54, 1.807) is 0 Å². The van der Waals surface area contributed by atoms with Crippen molar-refractivity contribution in [3.63, 3.8) is 0 Å². The van der Waals surface area contributed by atoms with Gasteiger partial charge in [0.2, 0.25) is 0 Å². The second-order valence-electron chi connectivity index (χ2n) is 4.16. The van der Waals surface area contributed by atoms with Crippen LogP contribution in [0.2, 0.25) is 0 Å². The fourth-order valence-corrected chi connectivity index (χ4v) is 2.11. The molecule has 2 aliphatic heterocycles. The SMILES string of the molecule is CC1NC(=O)O[C@H]1c1ccc2c(c1)OCCO2. The zero-order chi connectivity index (χ0) is 11.8. The van der Waals surface area contributed by atoms with Crippen molar-refractivity contribution in [3.8, 4) is 11.5 Å². The van der Waals surface area contributed by atoms with Gasteiger partial charge in [0.15, 0.2) is 11.5 Å². The van der Waals surface area contributed by atoms with Crippen LogP contribution in [0.1, 0.15) is 18.6 Å². The number of carbonyl (C=O) groups is 1. The molecule has 17 heavy (non-hydrogen) atoms. The van der Waals surface area contributed by atoms with Gasteiger partial charge in [-0.2, -0.15) is 0 Å². The van der Waals surface area contributed by atoms with Gasteiger partial charge in [0.1, 0.15) is 19.3 Å². The molecule has 90 valence electrons. The number of ether oxygens (including phenoxy) is 3. The molecule has 5 nitrogen and oxygen atoms in total. The number of carbonyl (C=O) groups excluding carboxylic acids is 1. The summed E-state index contributed by atoms with van der Waals surface area (Å²) in [6.07, 6.45) is -0.643. The second-order valence-corrected chi connectivity index (χ2v) is 4.16. The average molecular weight is 235 g/mol. The van der Waals surface area contributed by atoms with Crippen LogP contribution in [-0.4, -0.2) is 25.3 Å². The van der Waals surface area contributed by atoms with Crippen molar-refractivity contribution < 1.29 is 19.0 Å². The van der Waals surface area contributed by atoms with E-state index in [4.69, 9.17) is 14.2 Å². The highest BCUT2D eigenvalue weighted by atomic mass is 16.6. The van der Waals surface area contributed by atoms with Gasteiger partial charge in [0.05, 0.1) is 6.04 Å². The molecule has 1 amide bonds. The van der Waals surface area contributed by atoms with E-state index in [0.717, 1.165) is 11.3 Å². The summed E-state index contributed by atoms with van der Waals surface area (Å²) in [6.45, 7) is 3.03. The third kappa shape index (κ3) is 1.77. The molecule has 1 saturated heterocycles. The van der Waals surface area contributed by atoms with Crippen LogP contribution in [0.25, 0.3) is 0 Å². The van der Waals surface area contributed by atoms with E-state index in [-0.39, 0.29) is 18.2 Å². The monoisotopic (exact) mass is 235 g/mol. The van der Waals surface area contributed by atoms with E-state index < -0.39 is 0 Å². The summed E-state index contributed by atoms with van der Waals surface area (Å²) in [6, 6.07) is 5.58. The largest absolute Gasteiger partial charge is 0.486 e. The van der Waals surface area contributed by atoms with Crippen LogP contribution in [0.4, 0.5) is 4.79 Å². The van der Waals surface area contributed by atoms with Crippen LogP contribution in [-0.2, 0) is 4.74 Å². The Morgan fingerprint density at radius 3 is 2.71 bits per heavy atom. The number of cyclic esters (lactones) is 1. The van der Waals surface area contributed by atoms with Crippen LogP contribution in [0.5, 0.6) is 11.5 Å². The molecule has 0 spiro atoms. The number of fused-ring (bicyclic) bond motifs is 1. The lowest BCUT2D eigenvalue weighted by molar-refractivity contribution is 0.132. The number of benzene rings is 1. The summed E-state index contributed by atoms with van der Waals surface area (Å²) in [7, 11) is 0. The number of amides is 1. The third-order valence-corrected chi connectivity index (χ3v) is 2.93. The van der Waals surface area contributed by atoms with Gasteiger partial charge in [0, 0.05) is 0 Å². The highest BCUT2D eigenvalue weighted by molar-refractivity contribution is 5.70. The van der Waals surface area contributed by atoms with E-state index in [0.29, 0.717) is 19.0 Å². The van der Waals surface area contributed by atoms with Gasteiger partial charge in [-0.15, -0.1) is 0 Å². The molecule has 2 aliphatic rings. The number of hydrogen-bond acceptors (Lipinski definition) is 4. The zero-order valence-corrected chi connectivity index (χ0v) is 9.43. The maximum absolute atomic E-state index is 11.1. The summed E-state index contributed by atoms with van der Waals surface area (Å²) >= 11 is 0. The van der Waals surface area contributed by atoms with E-state index in [1.807, 2.05) is 25.1 Å². The van der Waals surface area contributed by atoms with Gasteiger partial charge in [-0.25, -0.2) is 4.79 Å². The molecular weight excluding hydrogens is 222 g/mol. The van der Waals surface area contributed by atoms with Crippen molar-refractivity contribution in [2.45, 2.75) is 19.1 Å². The normalized spacial score (nSPS) is 26.3. The molecule has 3 rings (SSSR count). The minimum absolute atomic E-state index is 0.0370. The predicted molar refractivity (Wildman–Crippen MR) is 59.3 cm³/mol. The Labute approximate surface area is 98.7 Å². The smallest absolute Gasteiger partial charge is 0.408 e. The summed E-state index contributed by atoms with van der Waals surface area (Å²) in [5.41, 5.74) is 0.917. The molecule has 5 heteroatoms. The standard InChI is InChI=1S/C12H13NO4/c1-7-11(17-12(14)13-7)8-2-3-9-10(6-8)16-5-4-15-9/h2-3,6-7,11H,4-5H2,1H3,(H,13,14)/t7?,11-/m1/s1. The molecule has 0 aliphatic carbocycles. The predicted octanol–water partition coefficient (Wildman–Crippen LogP) is 1.63. The number of hydrogen-bond donors (Lipinski definition) is 1.